The van der Waals surface area contributed by atoms with E-state index in [9.17, 15) is 4.39 Å². The van der Waals surface area contributed by atoms with Gasteiger partial charge >= 0.3 is 0 Å². The van der Waals surface area contributed by atoms with E-state index >= 15 is 0 Å². The van der Waals surface area contributed by atoms with Gasteiger partial charge in [-0.05, 0) is 18.9 Å². The van der Waals surface area contributed by atoms with Crippen LogP contribution in [0.4, 0.5) is 10.1 Å². The Morgan fingerprint density at radius 1 is 1.28 bits per heavy atom. The van der Waals surface area contributed by atoms with Crippen molar-refractivity contribution in [1.82, 2.24) is 24.8 Å². The van der Waals surface area contributed by atoms with Crippen molar-refractivity contribution in [1.29, 1.82) is 0 Å². The number of alkyl halides is 1. The van der Waals surface area contributed by atoms with E-state index in [1.165, 1.54) is 12.4 Å². The second-order valence-electron chi connectivity index (χ2n) is 9.32. The molecule has 12 heteroatoms. The number of piperidine rings is 1. The molecule has 0 amide bonds. The molecule has 0 bridgehead atoms. The Kier molecular flexibility index (Phi) is 7.16. The lowest BCUT2D eigenvalue weighted by molar-refractivity contribution is 0.0728. The number of hydrogen-bond acceptors (Lipinski definition) is 7. The molecular weight excluding hydrogens is 472 g/mol. The molecule has 2 aromatic rings. The van der Waals surface area contributed by atoms with Gasteiger partial charge in [0.05, 0.1) is 0 Å². The maximum atomic E-state index is 14.9. The van der Waals surface area contributed by atoms with Gasteiger partial charge in [-0.25, -0.2) is 24.0 Å². The lowest BCUT2D eigenvalue weighted by Crippen LogP contribution is -2.52. The minimum absolute atomic E-state index is 0.102. The molecule has 2 aliphatic rings. The van der Waals surface area contributed by atoms with Crippen LogP contribution >= 0.6 is 23.2 Å². The molecule has 0 aromatic carbocycles. The number of nitrogens with zero attached hydrogens (tertiary/aromatic N) is 7. The van der Waals surface area contributed by atoms with E-state index in [1.807, 2.05) is 9.69 Å². The van der Waals surface area contributed by atoms with Gasteiger partial charge in [-0.1, -0.05) is 42.8 Å². The van der Waals surface area contributed by atoms with Crippen molar-refractivity contribution in [3.63, 3.8) is 0 Å². The van der Waals surface area contributed by atoms with E-state index in [4.69, 9.17) is 27.9 Å². The van der Waals surface area contributed by atoms with Gasteiger partial charge in [0, 0.05) is 51.7 Å². The van der Waals surface area contributed by atoms with E-state index in [0.29, 0.717) is 24.5 Å². The molecule has 8 nitrogen and oxygen atoms in total. The number of hydrogen-bond donors (Lipinski definition) is 0. The summed E-state index contributed by atoms with van der Waals surface area (Å²) in [5.41, 5.74) is 0.0821. The standard InChI is InChI=1S/C20H28Cl2FN7OSi/c1-32(2,3)8-7-31-13-29-19(26-12-27-29)14-5-4-6-28(11-14)30-17-15(10-25-20(30)22)9-24-18(21)16(17)23/h9-10,12,14,20H,4-8,11,13H2,1-3H3. The molecule has 0 N–H and O–H groups in total. The number of hydrazine groups is 1. The van der Waals surface area contributed by atoms with Crippen LogP contribution in [0.1, 0.15) is 30.1 Å². The highest BCUT2D eigenvalue weighted by Crippen LogP contribution is 2.36. The third-order valence-corrected chi connectivity index (χ3v) is 7.94. The van der Waals surface area contributed by atoms with Crippen molar-refractivity contribution in [2.75, 3.05) is 24.7 Å². The first-order valence-electron chi connectivity index (χ1n) is 10.8. The van der Waals surface area contributed by atoms with E-state index in [-0.39, 0.29) is 11.1 Å². The number of rotatable bonds is 7. The van der Waals surface area contributed by atoms with E-state index in [2.05, 4.69) is 39.7 Å². The SMILES string of the molecule is C[Si](C)(C)CCOCn1ncnc1C1CCCN(N2c3c(cnc(Cl)c3F)C=NC2Cl)C1. The number of anilines is 1. The molecule has 1 saturated heterocycles. The summed E-state index contributed by atoms with van der Waals surface area (Å²) >= 11 is 12.5. The summed E-state index contributed by atoms with van der Waals surface area (Å²) in [6.07, 6.45) is 6.45. The Labute approximate surface area is 198 Å². The van der Waals surface area contributed by atoms with Crippen LogP contribution in [0.5, 0.6) is 0 Å². The van der Waals surface area contributed by atoms with E-state index in [0.717, 1.165) is 37.9 Å². The van der Waals surface area contributed by atoms with Crippen molar-refractivity contribution in [2.24, 2.45) is 4.99 Å². The predicted molar refractivity (Wildman–Crippen MR) is 127 cm³/mol. The summed E-state index contributed by atoms with van der Waals surface area (Å²) in [5, 5.41) is 7.88. The molecule has 2 atom stereocenters. The van der Waals surface area contributed by atoms with E-state index < -0.39 is 19.5 Å². The second kappa shape index (κ2) is 9.72. The van der Waals surface area contributed by atoms with Gasteiger partial charge in [0.1, 0.15) is 24.6 Å². The number of aromatic nitrogens is 4. The summed E-state index contributed by atoms with van der Waals surface area (Å²) < 4.78 is 22.6. The molecule has 2 aromatic heterocycles. The van der Waals surface area contributed by atoms with Crippen molar-refractivity contribution >= 4 is 43.2 Å². The minimum Gasteiger partial charge on any atom is -0.359 e. The largest absolute Gasteiger partial charge is 0.359 e. The molecule has 4 heterocycles. The maximum absolute atomic E-state index is 14.9. The smallest absolute Gasteiger partial charge is 0.211 e. The third kappa shape index (κ3) is 5.14. The normalized spacial score (nSPS) is 21.8. The molecule has 0 saturated carbocycles. The molecule has 4 rings (SSSR count). The summed E-state index contributed by atoms with van der Waals surface area (Å²) in [7, 11) is -1.15. The van der Waals surface area contributed by atoms with Gasteiger partial charge in [0.25, 0.3) is 0 Å². The van der Waals surface area contributed by atoms with Gasteiger partial charge in [-0.3, -0.25) is 10.0 Å². The monoisotopic (exact) mass is 499 g/mol. The summed E-state index contributed by atoms with van der Waals surface area (Å²) in [5.74, 6) is 0.371. The van der Waals surface area contributed by atoms with Gasteiger partial charge in [-0.15, -0.1) is 0 Å². The highest BCUT2D eigenvalue weighted by atomic mass is 35.5. The summed E-state index contributed by atoms with van der Waals surface area (Å²) in [6, 6.07) is 1.10. The predicted octanol–water partition coefficient (Wildman–Crippen LogP) is 4.33. The highest BCUT2D eigenvalue weighted by molar-refractivity contribution is 6.76. The average Bonchev–Trinajstić information content (AvgIpc) is 3.22. The molecular formula is C20H28Cl2FN7OSi. The first kappa shape index (κ1) is 23.6. The Balaban J connectivity index is 1.49. The van der Waals surface area contributed by atoms with Crippen LogP contribution in [0, 0.1) is 5.82 Å². The number of ether oxygens (including phenoxy) is 1. The number of pyridine rings is 1. The van der Waals surface area contributed by atoms with Crippen LogP contribution in [0.2, 0.25) is 30.8 Å². The lowest BCUT2D eigenvalue weighted by Gasteiger charge is -2.44. The van der Waals surface area contributed by atoms with Crippen molar-refractivity contribution in [3.05, 3.63) is 34.9 Å². The van der Waals surface area contributed by atoms with Crippen molar-refractivity contribution in [3.8, 4) is 0 Å². The van der Waals surface area contributed by atoms with E-state index in [1.54, 1.807) is 11.3 Å². The van der Waals surface area contributed by atoms with Crippen LogP contribution in [0.25, 0.3) is 0 Å². The first-order valence-corrected chi connectivity index (χ1v) is 15.3. The fourth-order valence-corrected chi connectivity index (χ4v) is 5.14. The summed E-state index contributed by atoms with van der Waals surface area (Å²) in [6.45, 7) is 9.39. The van der Waals surface area contributed by atoms with Crippen molar-refractivity contribution < 1.29 is 9.13 Å². The van der Waals surface area contributed by atoms with Crippen LogP contribution in [-0.2, 0) is 11.5 Å². The molecule has 2 aliphatic heterocycles. The quantitative estimate of drug-likeness (QED) is 0.185. The Morgan fingerprint density at radius 3 is 2.88 bits per heavy atom. The molecule has 0 radical (unpaired) electrons. The van der Waals surface area contributed by atoms with Gasteiger partial charge in [0.15, 0.2) is 11.0 Å². The molecule has 2 unspecified atom stereocenters. The molecule has 0 spiro atoms. The molecule has 0 aliphatic carbocycles. The van der Waals surface area contributed by atoms with Gasteiger partial charge in [0.2, 0.25) is 5.62 Å². The maximum Gasteiger partial charge on any atom is 0.211 e. The average molecular weight is 500 g/mol. The van der Waals surface area contributed by atoms with Crippen LogP contribution in [0.3, 0.4) is 0 Å². The minimum atomic E-state index is -1.15. The summed E-state index contributed by atoms with van der Waals surface area (Å²) in [4.78, 5) is 12.7. The Morgan fingerprint density at radius 2 is 2.09 bits per heavy atom. The lowest BCUT2D eigenvalue weighted by atomic mass is 9.98. The van der Waals surface area contributed by atoms with Crippen LogP contribution in [-0.4, -0.2) is 64.4 Å². The van der Waals surface area contributed by atoms with Crippen LogP contribution < -0.4 is 5.01 Å². The highest BCUT2D eigenvalue weighted by Gasteiger charge is 2.35. The molecule has 32 heavy (non-hydrogen) atoms. The third-order valence-electron chi connectivity index (χ3n) is 5.67. The fraction of sp³-hybridized carbons (Fsp3) is 0.600. The van der Waals surface area contributed by atoms with Crippen molar-refractivity contribution in [2.45, 2.75) is 56.8 Å². The Bertz CT molecular complexity index is 983. The zero-order chi connectivity index (χ0) is 22.9. The first-order chi connectivity index (χ1) is 15.2. The fourth-order valence-electron chi connectivity index (χ4n) is 3.97. The van der Waals surface area contributed by atoms with Crippen LogP contribution in [0.15, 0.2) is 17.5 Å². The molecule has 1 fully saturated rings. The Hall–Kier alpha value is -1.59. The van der Waals surface area contributed by atoms with Gasteiger partial charge < -0.3 is 4.74 Å². The zero-order valence-electron chi connectivity index (χ0n) is 18.5. The zero-order valence-corrected chi connectivity index (χ0v) is 21.0. The van der Waals surface area contributed by atoms with Gasteiger partial charge in [-0.2, -0.15) is 5.10 Å². The topological polar surface area (TPSA) is 71.7 Å². The number of halogens is 3. The molecule has 174 valence electrons. The number of fused-ring (bicyclic) bond motifs is 1. The number of aliphatic imine (C=N–C) groups is 1. The second-order valence-corrected chi connectivity index (χ2v) is 15.7.